The second-order valence-corrected chi connectivity index (χ2v) is 5.47. The van der Waals surface area contributed by atoms with Gasteiger partial charge in [0.15, 0.2) is 0 Å². The maximum atomic E-state index is 12.5. The number of amides is 1. The summed E-state index contributed by atoms with van der Waals surface area (Å²) in [6, 6.07) is 0.901. The summed E-state index contributed by atoms with van der Waals surface area (Å²) >= 11 is 0. The summed E-state index contributed by atoms with van der Waals surface area (Å²) < 4.78 is 5.48. The second-order valence-electron chi connectivity index (χ2n) is 5.47. The lowest BCUT2D eigenvalue weighted by atomic mass is 9.95. The summed E-state index contributed by atoms with van der Waals surface area (Å²) in [7, 11) is 1.79. The number of ether oxygens (including phenoxy) is 1. The Balaban J connectivity index is 2.06. The third kappa shape index (κ3) is 2.35. The van der Waals surface area contributed by atoms with Crippen molar-refractivity contribution in [2.45, 2.75) is 70.6 Å². The molecule has 2 saturated heterocycles. The summed E-state index contributed by atoms with van der Waals surface area (Å²) in [4.78, 5) is 14.7. The molecular formula is C14H25NO2. The monoisotopic (exact) mass is 239 g/mol. The van der Waals surface area contributed by atoms with E-state index in [0.717, 1.165) is 25.7 Å². The molecule has 2 bridgehead atoms. The van der Waals surface area contributed by atoms with Crippen LogP contribution in [0.15, 0.2) is 0 Å². The number of hydrogen-bond donors (Lipinski definition) is 0. The maximum Gasteiger partial charge on any atom is 0.226 e. The third-order valence-electron chi connectivity index (χ3n) is 4.61. The van der Waals surface area contributed by atoms with Gasteiger partial charge in [-0.1, -0.05) is 13.8 Å². The van der Waals surface area contributed by atoms with Gasteiger partial charge in [-0.15, -0.1) is 0 Å². The predicted molar refractivity (Wildman–Crippen MR) is 67.8 cm³/mol. The van der Waals surface area contributed by atoms with E-state index in [1.165, 1.54) is 12.8 Å². The number of carbonyl (C=O) groups excluding carboxylic acids is 1. The first-order chi connectivity index (χ1) is 8.21. The van der Waals surface area contributed by atoms with Crippen LogP contribution in [0.3, 0.4) is 0 Å². The van der Waals surface area contributed by atoms with Gasteiger partial charge in [0, 0.05) is 25.1 Å². The molecule has 0 radical (unpaired) electrons. The van der Waals surface area contributed by atoms with Gasteiger partial charge in [-0.2, -0.15) is 0 Å². The van der Waals surface area contributed by atoms with Crippen LogP contribution in [0.2, 0.25) is 0 Å². The minimum absolute atomic E-state index is 0.234. The molecule has 17 heavy (non-hydrogen) atoms. The molecule has 3 nitrogen and oxygen atoms in total. The number of carbonyl (C=O) groups is 1. The average Bonchev–Trinajstić information content (AvgIpc) is 2.61. The van der Waals surface area contributed by atoms with E-state index in [-0.39, 0.29) is 5.92 Å². The lowest BCUT2D eigenvalue weighted by molar-refractivity contribution is -0.142. The van der Waals surface area contributed by atoms with Gasteiger partial charge < -0.3 is 9.64 Å². The second kappa shape index (κ2) is 5.38. The molecule has 2 heterocycles. The summed E-state index contributed by atoms with van der Waals surface area (Å²) in [6.07, 6.45) is 6.75. The predicted octanol–water partition coefficient (Wildman–Crippen LogP) is 2.59. The number of nitrogens with zero attached hydrogens (tertiary/aromatic N) is 1. The summed E-state index contributed by atoms with van der Waals surface area (Å²) in [6.45, 7) is 4.24. The first-order valence-electron chi connectivity index (χ1n) is 7.06. The number of piperidine rings is 1. The van der Waals surface area contributed by atoms with E-state index in [9.17, 15) is 4.79 Å². The van der Waals surface area contributed by atoms with Crippen LogP contribution in [0.25, 0.3) is 0 Å². The van der Waals surface area contributed by atoms with Gasteiger partial charge in [-0.3, -0.25) is 4.79 Å². The van der Waals surface area contributed by atoms with E-state index < -0.39 is 0 Å². The molecule has 1 amide bonds. The zero-order valence-corrected chi connectivity index (χ0v) is 11.3. The molecule has 2 aliphatic rings. The Morgan fingerprint density at radius 1 is 1.24 bits per heavy atom. The van der Waals surface area contributed by atoms with Crippen molar-refractivity contribution >= 4 is 5.91 Å². The van der Waals surface area contributed by atoms with E-state index in [1.807, 2.05) is 0 Å². The molecule has 2 rings (SSSR count). The Morgan fingerprint density at radius 3 is 2.18 bits per heavy atom. The van der Waals surface area contributed by atoms with E-state index in [1.54, 1.807) is 7.11 Å². The molecule has 3 heteroatoms. The van der Waals surface area contributed by atoms with Crippen LogP contribution in [-0.2, 0) is 9.53 Å². The van der Waals surface area contributed by atoms with Crippen molar-refractivity contribution in [1.82, 2.24) is 4.90 Å². The molecule has 0 aromatic carbocycles. The van der Waals surface area contributed by atoms with Crippen LogP contribution >= 0.6 is 0 Å². The standard InChI is InChI=1S/C14H25NO2/c1-4-10(5-2)14(16)15-11-6-7-12(15)9-13(8-11)17-3/h10-13H,4-9H2,1-3H3. The van der Waals surface area contributed by atoms with Crippen LogP contribution in [0.5, 0.6) is 0 Å². The van der Waals surface area contributed by atoms with E-state index in [0.29, 0.717) is 24.1 Å². The molecule has 0 N–H and O–H groups in total. The first-order valence-corrected chi connectivity index (χ1v) is 7.06. The molecule has 98 valence electrons. The number of hydrogen-bond acceptors (Lipinski definition) is 2. The lowest BCUT2D eigenvalue weighted by Gasteiger charge is -2.40. The highest BCUT2D eigenvalue weighted by atomic mass is 16.5. The van der Waals surface area contributed by atoms with Gasteiger partial charge in [0.05, 0.1) is 6.10 Å². The largest absolute Gasteiger partial charge is 0.381 e. The smallest absolute Gasteiger partial charge is 0.226 e. The highest BCUT2D eigenvalue weighted by Gasteiger charge is 2.44. The highest BCUT2D eigenvalue weighted by molar-refractivity contribution is 5.80. The number of fused-ring (bicyclic) bond motifs is 2. The molecule has 0 aromatic rings. The Labute approximate surface area is 105 Å². The van der Waals surface area contributed by atoms with Gasteiger partial charge in [0.2, 0.25) is 5.91 Å². The molecule has 2 atom stereocenters. The molecule has 2 fully saturated rings. The lowest BCUT2D eigenvalue weighted by Crippen LogP contribution is -2.50. The van der Waals surface area contributed by atoms with Gasteiger partial charge in [-0.05, 0) is 38.5 Å². The Hall–Kier alpha value is -0.570. The first kappa shape index (κ1) is 12.9. The quantitative estimate of drug-likeness (QED) is 0.754. The van der Waals surface area contributed by atoms with Crippen molar-refractivity contribution in [3.63, 3.8) is 0 Å². The fraction of sp³-hybridized carbons (Fsp3) is 0.929. The highest BCUT2D eigenvalue weighted by Crippen LogP contribution is 2.38. The minimum atomic E-state index is 0.234. The fourth-order valence-corrected chi connectivity index (χ4v) is 3.53. The van der Waals surface area contributed by atoms with Crippen LogP contribution in [0, 0.1) is 5.92 Å². The molecule has 0 aliphatic carbocycles. The summed E-state index contributed by atoms with van der Waals surface area (Å²) in [5.41, 5.74) is 0. The average molecular weight is 239 g/mol. The van der Waals surface area contributed by atoms with Gasteiger partial charge in [-0.25, -0.2) is 0 Å². The van der Waals surface area contributed by atoms with E-state index >= 15 is 0 Å². The fourth-order valence-electron chi connectivity index (χ4n) is 3.53. The minimum Gasteiger partial charge on any atom is -0.381 e. The van der Waals surface area contributed by atoms with Crippen LogP contribution < -0.4 is 0 Å². The molecule has 0 spiro atoms. The van der Waals surface area contributed by atoms with Crippen LogP contribution in [0.1, 0.15) is 52.4 Å². The third-order valence-corrected chi connectivity index (χ3v) is 4.61. The van der Waals surface area contributed by atoms with Crippen molar-refractivity contribution in [2.24, 2.45) is 5.92 Å². The van der Waals surface area contributed by atoms with E-state index in [4.69, 9.17) is 4.74 Å². The van der Waals surface area contributed by atoms with Gasteiger partial charge in [0.25, 0.3) is 0 Å². The van der Waals surface area contributed by atoms with Crippen molar-refractivity contribution in [2.75, 3.05) is 7.11 Å². The van der Waals surface area contributed by atoms with Gasteiger partial charge in [0.1, 0.15) is 0 Å². The Kier molecular flexibility index (Phi) is 4.08. The zero-order valence-electron chi connectivity index (χ0n) is 11.3. The normalized spacial score (nSPS) is 32.2. The Morgan fingerprint density at radius 2 is 1.76 bits per heavy atom. The van der Waals surface area contributed by atoms with Crippen molar-refractivity contribution in [1.29, 1.82) is 0 Å². The van der Waals surface area contributed by atoms with Crippen molar-refractivity contribution in [3.05, 3.63) is 0 Å². The van der Waals surface area contributed by atoms with Crippen LogP contribution in [-0.4, -0.2) is 36.1 Å². The van der Waals surface area contributed by atoms with Crippen molar-refractivity contribution < 1.29 is 9.53 Å². The van der Waals surface area contributed by atoms with Gasteiger partial charge >= 0.3 is 0 Å². The maximum absolute atomic E-state index is 12.5. The zero-order chi connectivity index (χ0) is 12.4. The number of rotatable bonds is 4. The summed E-state index contributed by atoms with van der Waals surface area (Å²) in [5, 5.41) is 0. The number of methoxy groups -OCH3 is 1. The Bertz CT molecular complexity index is 261. The topological polar surface area (TPSA) is 29.5 Å². The molecule has 0 aromatic heterocycles. The van der Waals surface area contributed by atoms with Crippen molar-refractivity contribution in [3.8, 4) is 0 Å². The molecule has 2 unspecified atom stereocenters. The molecular weight excluding hydrogens is 214 g/mol. The van der Waals surface area contributed by atoms with E-state index in [2.05, 4.69) is 18.7 Å². The summed E-state index contributed by atoms with van der Waals surface area (Å²) in [5.74, 6) is 0.634. The SMILES string of the molecule is CCC(CC)C(=O)N1C2CCC1CC(OC)C2. The molecule has 0 saturated carbocycles. The van der Waals surface area contributed by atoms with Crippen LogP contribution in [0.4, 0.5) is 0 Å². The molecule has 2 aliphatic heterocycles.